The van der Waals surface area contributed by atoms with E-state index in [9.17, 15) is 0 Å². The summed E-state index contributed by atoms with van der Waals surface area (Å²) in [6.45, 7) is 2.81. The second-order valence-electron chi connectivity index (χ2n) is 5.76. The van der Waals surface area contributed by atoms with Gasteiger partial charge < -0.3 is 10.1 Å². The van der Waals surface area contributed by atoms with Gasteiger partial charge >= 0.3 is 0 Å². The van der Waals surface area contributed by atoms with Gasteiger partial charge in [-0.2, -0.15) is 0 Å². The molecule has 22 heavy (non-hydrogen) atoms. The molecule has 0 unspecified atom stereocenters. The molecule has 1 heterocycles. The van der Waals surface area contributed by atoms with Gasteiger partial charge in [0.05, 0.1) is 6.26 Å². The molecule has 0 aromatic heterocycles. The number of allylic oxidation sites excluding steroid dienone is 1. The predicted molar refractivity (Wildman–Crippen MR) is 91.2 cm³/mol. The van der Waals surface area contributed by atoms with Crippen LogP contribution in [0.15, 0.2) is 66.9 Å². The van der Waals surface area contributed by atoms with Crippen molar-refractivity contribution in [3.8, 4) is 0 Å². The third-order valence-electron chi connectivity index (χ3n) is 4.19. The highest BCUT2D eigenvalue weighted by atomic mass is 16.5. The summed E-state index contributed by atoms with van der Waals surface area (Å²) in [6, 6.07) is 20.9. The Bertz CT molecular complexity index is 586. The summed E-state index contributed by atoms with van der Waals surface area (Å²) in [5, 5.41) is 3.43. The van der Waals surface area contributed by atoms with Crippen molar-refractivity contribution in [2.75, 3.05) is 13.1 Å². The van der Waals surface area contributed by atoms with Crippen LogP contribution in [0.4, 0.5) is 0 Å². The number of ether oxygens (including phenoxy) is 1. The summed E-state index contributed by atoms with van der Waals surface area (Å²) in [6.07, 6.45) is 4.34. The van der Waals surface area contributed by atoms with Gasteiger partial charge in [0.1, 0.15) is 6.61 Å². The van der Waals surface area contributed by atoms with E-state index in [2.05, 4.69) is 47.8 Å². The maximum atomic E-state index is 5.91. The second kappa shape index (κ2) is 7.81. The Labute approximate surface area is 132 Å². The molecule has 2 aromatic carbocycles. The molecule has 2 nitrogen and oxygen atoms in total. The fourth-order valence-corrected chi connectivity index (χ4v) is 2.97. The number of nitrogens with one attached hydrogen (secondary N) is 1. The molecular formula is C20H23NO. The first-order valence-electron chi connectivity index (χ1n) is 8.05. The standard InChI is InChI=1S/C20H23NO/c1-3-7-17(8-4-1)15-22-16-20(18-9-5-2-6-10-18)19-11-13-21-14-12-19/h1-10,16,19,21H,11-15H2. The Morgan fingerprint density at radius 3 is 2.27 bits per heavy atom. The average Bonchev–Trinajstić information content (AvgIpc) is 2.61. The normalized spacial score (nSPS) is 16.5. The maximum Gasteiger partial charge on any atom is 0.112 e. The molecule has 2 heteroatoms. The Morgan fingerprint density at radius 2 is 1.59 bits per heavy atom. The molecule has 0 spiro atoms. The molecule has 1 aliphatic rings. The molecule has 1 fully saturated rings. The Hall–Kier alpha value is -2.06. The molecule has 3 rings (SSSR count). The van der Waals surface area contributed by atoms with Crippen LogP contribution >= 0.6 is 0 Å². The van der Waals surface area contributed by atoms with Crippen LogP contribution in [0.1, 0.15) is 24.0 Å². The summed E-state index contributed by atoms with van der Waals surface area (Å²) >= 11 is 0. The van der Waals surface area contributed by atoms with Gasteiger partial charge in [0, 0.05) is 0 Å². The minimum Gasteiger partial charge on any atom is -0.496 e. The monoisotopic (exact) mass is 293 g/mol. The number of piperidine rings is 1. The van der Waals surface area contributed by atoms with Gasteiger partial charge in [-0.15, -0.1) is 0 Å². The molecule has 0 amide bonds. The third-order valence-corrected chi connectivity index (χ3v) is 4.19. The van der Waals surface area contributed by atoms with E-state index in [0.717, 1.165) is 13.1 Å². The number of hydrogen-bond donors (Lipinski definition) is 1. The lowest BCUT2D eigenvalue weighted by molar-refractivity contribution is 0.235. The van der Waals surface area contributed by atoms with E-state index in [-0.39, 0.29) is 0 Å². The third kappa shape index (κ3) is 3.99. The second-order valence-corrected chi connectivity index (χ2v) is 5.76. The van der Waals surface area contributed by atoms with E-state index in [1.54, 1.807) is 0 Å². The zero-order valence-electron chi connectivity index (χ0n) is 12.9. The fraction of sp³-hybridized carbons (Fsp3) is 0.300. The van der Waals surface area contributed by atoms with Crippen molar-refractivity contribution in [1.29, 1.82) is 0 Å². The lowest BCUT2D eigenvalue weighted by Crippen LogP contribution is -2.28. The number of benzene rings is 2. The van der Waals surface area contributed by atoms with Crippen LogP contribution in [-0.4, -0.2) is 13.1 Å². The van der Waals surface area contributed by atoms with Crippen molar-refractivity contribution in [2.45, 2.75) is 19.4 Å². The van der Waals surface area contributed by atoms with Crippen molar-refractivity contribution in [2.24, 2.45) is 5.92 Å². The molecular weight excluding hydrogens is 270 g/mol. The van der Waals surface area contributed by atoms with Crippen molar-refractivity contribution in [1.82, 2.24) is 5.32 Å². The zero-order valence-corrected chi connectivity index (χ0v) is 12.9. The SMILES string of the molecule is C(OCc1ccccc1)=C(c1ccccc1)C1CCNCC1. The van der Waals surface area contributed by atoms with Gasteiger partial charge in [0.2, 0.25) is 0 Å². The highest BCUT2D eigenvalue weighted by Gasteiger charge is 2.19. The van der Waals surface area contributed by atoms with Gasteiger partial charge in [0.25, 0.3) is 0 Å². The largest absolute Gasteiger partial charge is 0.496 e. The fourth-order valence-electron chi connectivity index (χ4n) is 2.97. The van der Waals surface area contributed by atoms with Crippen LogP contribution in [-0.2, 0) is 11.3 Å². The predicted octanol–water partition coefficient (Wildman–Crippen LogP) is 4.24. The van der Waals surface area contributed by atoms with Gasteiger partial charge in [-0.25, -0.2) is 0 Å². The van der Waals surface area contributed by atoms with Crippen molar-refractivity contribution in [3.05, 3.63) is 78.1 Å². The summed E-state index contributed by atoms with van der Waals surface area (Å²) in [4.78, 5) is 0. The van der Waals surface area contributed by atoms with E-state index in [1.165, 1.54) is 29.5 Å². The van der Waals surface area contributed by atoms with E-state index >= 15 is 0 Å². The summed E-state index contributed by atoms with van der Waals surface area (Å²) in [5.41, 5.74) is 3.82. The maximum absolute atomic E-state index is 5.91. The van der Waals surface area contributed by atoms with Crippen LogP contribution in [0.3, 0.4) is 0 Å². The summed E-state index contributed by atoms with van der Waals surface area (Å²) in [5.74, 6) is 0.583. The topological polar surface area (TPSA) is 21.3 Å². The average molecular weight is 293 g/mol. The minimum absolute atomic E-state index is 0.583. The Kier molecular flexibility index (Phi) is 5.27. The quantitative estimate of drug-likeness (QED) is 0.832. The molecule has 2 aromatic rings. The van der Waals surface area contributed by atoms with Gasteiger partial charge in [-0.05, 0) is 48.5 Å². The van der Waals surface area contributed by atoms with Crippen LogP contribution in [0.2, 0.25) is 0 Å². The lowest BCUT2D eigenvalue weighted by Gasteiger charge is -2.25. The summed E-state index contributed by atoms with van der Waals surface area (Å²) < 4.78 is 5.91. The molecule has 1 saturated heterocycles. The Balaban J connectivity index is 1.74. The van der Waals surface area contributed by atoms with Crippen molar-refractivity contribution in [3.63, 3.8) is 0 Å². The smallest absolute Gasteiger partial charge is 0.112 e. The molecule has 0 atom stereocenters. The van der Waals surface area contributed by atoms with E-state index in [1.807, 2.05) is 24.5 Å². The Morgan fingerprint density at radius 1 is 0.955 bits per heavy atom. The minimum atomic E-state index is 0.583. The van der Waals surface area contributed by atoms with E-state index in [0.29, 0.717) is 12.5 Å². The summed E-state index contributed by atoms with van der Waals surface area (Å²) in [7, 11) is 0. The molecule has 1 N–H and O–H groups in total. The van der Waals surface area contributed by atoms with Crippen LogP contribution in [0.25, 0.3) is 5.57 Å². The molecule has 0 saturated carbocycles. The first-order chi connectivity index (χ1) is 10.9. The van der Waals surface area contributed by atoms with Crippen molar-refractivity contribution >= 4 is 5.57 Å². The molecule has 114 valence electrons. The first kappa shape index (κ1) is 14.9. The molecule has 0 radical (unpaired) electrons. The van der Waals surface area contributed by atoms with Crippen LogP contribution < -0.4 is 5.32 Å². The zero-order chi connectivity index (χ0) is 15.0. The molecule has 0 bridgehead atoms. The van der Waals surface area contributed by atoms with E-state index < -0.39 is 0 Å². The highest BCUT2D eigenvalue weighted by Crippen LogP contribution is 2.30. The van der Waals surface area contributed by atoms with Crippen LogP contribution in [0.5, 0.6) is 0 Å². The van der Waals surface area contributed by atoms with E-state index in [4.69, 9.17) is 4.74 Å². The number of rotatable bonds is 5. The van der Waals surface area contributed by atoms with Gasteiger partial charge in [0.15, 0.2) is 0 Å². The highest BCUT2D eigenvalue weighted by molar-refractivity contribution is 5.66. The van der Waals surface area contributed by atoms with Gasteiger partial charge in [-0.1, -0.05) is 60.7 Å². The lowest BCUT2D eigenvalue weighted by atomic mass is 9.86. The van der Waals surface area contributed by atoms with Gasteiger partial charge in [-0.3, -0.25) is 0 Å². The first-order valence-corrected chi connectivity index (χ1v) is 8.05. The number of hydrogen-bond acceptors (Lipinski definition) is 2. The van der Waals surface area contributed by atoms with Crippen LogP contribution in [0, 0.1) is 5.92 Å². The molecule has 1 aliphatic heterocycles. The van der Waals surface area contributed by atoms with Crippen molar-refractivity contribution < 1.29 is 4.74 Å². The molecule has 0 aliphatic carbocycles.